The van der Waals surface area contributed by atoms with Crippen LogP contribution in [0.25, 0.3) is 0 Å². The molecule has 3 aromatic carbocycles. The van der Waals surface area contributed by atoms with Gasteiger partial charge in [-0.15, -0.1) is 0 Å². The maximum atomic E-state index is 11.2. The largest absolute Gasteiger partial charge is 0.497 e. The van der Waals surface area contributed by atoms with E-state index in [-0.39, 0.29) is 0 Å². The van der Waals surface area contributed by atoms with E-state index in [1.165, 1.54) is 5.56 Å². The number of benzene rings is 3. The molecule has 0 saturated heterocycles. The first-order chi connectivity index (χ1) is 19.0. The Morgan fingerprint density at radius 3 is 2.20 bits per heavy atom. The summed E-state index contributed by atoms with van der Waals surface area (Å²) in [6, 6.07) is 22.0. The van der Waals surface area contributed by atoms with Crippen molar-refractivity contribution in [3.8, 4) is 23.0 Å². The van der Waals surface area contributed by atoms with Gasteiger partial charge in [-0.25, -0.2) is 4.57 Å². The molecule has 0 fully saturated rings. The summed E-state index contributed by atoms with van der Waals surface area (Å²) in [5, 5.41) is 11.2. The van der Waals surface area contributed by atoms with Gasteiger partial charge in [0.15, 0.2) is 11.5 Å². The van der Waals surface area contributed by atoms with Crippen molar-refractivity contribution >= 4 is 7.82 Å². The van der Waals surface area contributed by atoms with Crippen molar-refractivity contribution in [3.63, 3.8) is 0 Å². The molecule has 0 radical (unpaired) electrons. The molecule has 4 rings (SSSR count). The van der Waals surface area contributed by atoms with Crippen LogP contribution in [0.2, 0.25) is 0 Å². The number of methoxy groups -OCH3 is 3. The quantitative estimate of drug-likeness (QED) is 0.250. The lowest BCUT2D eigenvalue weighted by molar-refractivity contribution is -0.0469. The fourth-order valence-electron chi connectivity index (χ4n) is 4.97. The SMILES string of the molecule is COc1ccc2c(c1)C(CCCN(C)CCc1ccc(OC)c(OC)c1)(c1ccccc1)C(O)O2.O=P(O)(O)O. The molecule has 0 amide bonds. The summed E-state index contributed by atoms with van der Waals surface area (Å²) in [5.41, 5.74) is 2.59. The zero-order valence-corrected chi connectivity index (χ0v) is 24.1. The van der Waals surface area contributed by atoms with Crippen LogP contribution in [-0.4, -0.2) is 72.4 Å². The number of hydrogen-bond acceptors (Lipinski definition) is 7. The number of hydrogen-bond donors (Lipinski definition) is 4. The molecule has 1 aliphatic rings. The molecule has 1 aliphatic heterocycles. The second-order valence-corrected chi connectivity index (χ2v) is 10.6. The third kappa shape index (κ3) is 7.97. The van der Waals surface area contributed by atoms with Crippen molar-refractivity contribution in [1.82, 2.24) is 4.90 Å². The van der Waals surface area contributed by atoms with Gasteiger partial charge in [-0.2, -0.15) is 0 Å². The third-order valence-corrected chi connectivity index (χ3v) is 6.96. The topological polar surface area (TPSA) is 138 Å². The zero-order valence-electron chi connectivity index (χ0n) is 23.2. The second kappa shape index (κ2) is 14.0. The molecule has 2 atom stereocenters. The first-order valence-corrected chi connectivity index (χ1v) is 14.3. The first-order valence-electron chi connectivity index (χ1n) is 12.8. The fourth-order valence-corrected chi connectivity index (χ4v) is 4.97. The van der Waals surface area contributed by atoms with Crippen LogP contribution in [-0.2, 0) is 16.4 Å². The number of likely N-dealkylation sites (N-methyl/N-ethyl adjacent to an activating group) is 1. The van der Waals surface area contributed by atoms with E-state index >= 15 is 0 Å². The molecule has 40 heavy (non-hydrogen) atoms. The number of aliphatic hydroxyl groups excluding tert-OH is 1. The van der Waals surface area contributed by atoms with E-state index in [9.17, 15) is 5.11 Å². The summed E-state index contributed by atoms with van der Waals surface area (Å²) in [6.45, 7) is 1.81. The molecule has 2 unspecified atom stereocenters. The van der Waals surface area contributed by atoms with Crippen molar-refractivity contribution in [2.45, 2.75) is 31.0 Å². The predicted octanol–water partition coefficient (Wildman–Crippen LogP) is 3.74. The Kier molecular flexibility index (Phi) is 11.0. The van der Waals surface area contributed by atoms with Crippen LogP contribution < -0.4 is 18.9 Å². The molecule has 0 saturated carbocycles. The van der Waals surface area contributed by atoms with Crippen LogP contribution in [0, 0.1) is 0 Å². The Hall–Kier alpha value is -3.11. The van der Waals surface area contributed by atoms with Crippen LogP contribution in [0.5, 0.6) is 23.0 Å². The van der Waals surface area contributed by atoms with Gasteiger partial charge in [0.05, 0.1) is 26.7 Å². The van der Waals surface area contributed by atoms with Gasteiger partial charge in [0.2, 0.25) is 6.29 Å². The van der Waals surface area contributed by atoms with E-state index < -0.39 is 19.5 Å². The second-order valence-electron chi connectivity index (χ2n) is 9.53. The molecule has 0 spiro atoms. The fraction of sp³-hybridized carbons (Fsp3) is 0.379. The molecule has 218 valence electrons. The van der Waals surface area contributed by atoms with Crippen LogP contribution in [0.15, 0.2) is 66.7 Å². The number of ether oxygens (including phenoxy) is 4. The number of fused-ring (bicyclic) bond motifs is 1. The van der Waals surface area contributed by atoms with Gasteiger partial charge in [0.25, 0.3) is 0 Å². The van der Waals surface area contributed by atoms with Crippen molar-refractivity contribution < 1.29 is 43.3 Å². The van der Waals surface area contributed by atoms with Gasteiger partial charge in [-0.1, -0.05) is 36.4 Å². The van der Waals surface area contributed by atoms with Gasteiger partial charge >= 0.3 is 7.82 Å². The third-order valence-electron chi connectivity index (χ3n) is 6.96. The standard InChI is InChI=1S/C29H35NO5.H3O4P/c1-30(18-15-21-11-13-26(33-3)27(19-21)34-4)17-8-16-29(22-9-6-5-7-10-22)24-20-23(32-2)12-14-25(24)35-28(29)31;1-5(2,3)4/h5-7,9-14,19-20,28,31H,8,15-18H2,1-4H3;(H3,1,2,3,4). The Balaban J connectivity index is 0.000000810. The minimum absolute atomic E-state index is 0.644. The maximum absolute atomic E-state index is 11.2. The lowest BCUT2D eigenvalue weighted by atomic mass is 9.71. The molecule has 3 aromatic rings. The minimum Gasteiger partial charge on any atom is -0.497 e. The van der Waals surface area contributed by atoms with E-state index in [1.807, 2.05) is 48.5 Å². The summed E-state index contributed by atoms with van der Waals surface area (Å²) in [5.74, 6) is 2.96. The average Bonchev–Trinajstić information content (AvgIpc) is 3.22. The molecule has 0 bridgehead atoms. The Bertz CT molecular complexity index is 1280. The van der Waals surface area contributed by atoms with Crippen LogP contribution in [0.3, 0.4) is 0 Å². The van der Waals surface area contributed by atoms with E-state index in [4.69, 9.17) is 38.2 Å². The molecular weight excluding hydrogens is 537 g/mol. The molecular formula is C29H38NO9P. The molecule has 10 nitrogen and oxygen atoms in total. The zero-order chi connectivity index (χ0) is 29.3. The highest BCUT2D eigenvalue weighted by Gasteiger charge is 2.49. The van der Waals surface area contributed by atoms with Crippen molar-refractivity contribution in [1.29, 1.82) is 0 Å². The van der Waals surface area contributed by atoms with Gasteiger partial charge in [0, 0.05) is 12.1 Å². The van der Waals surface area contributed by atoms with E-state index in [2.05, 4.69) is 30.1 Å². The van der Waals surface area contributed by atoms with E-state index in [0.29, 0.717) is 5.75 Å². The summed E-state index contributed by atoms with van der Waals surface area (Å²) in [6.07, 6.45) is 1.60. The van der Waals surface area contributed by atoms with Gasteiger partial charge in [-0.3, -0.25) is 0 Å². The van der Waals surface area contributed by atoms with E-state index in [0.717, 1.165) is 60.7 Å². The molecule has 4 N–H and O–H groups in total. The minimum atomic E-state index is -4.64. The average molecular weight is 576 g/mol. The van der Waals surface area contributed by atoms with Crippen LogP contribution in [0.1, 0.15) is 29.5 Å². The number of nitrogens with zero attached hydrogens (tertiary/aromatic N) is 1. The monoisotopic (exact) mass is 575 g/mol. The Morgan fingerprint density at radius 2 is 1.57 bits per heavy atom. The number of rotatable bonds is 11. The highest BCUT2D eigenvalue weighted by molar-refractivity contribution is 7.45. The van der Waals surface area contributed by atoms with Crippen LogP contribution >= 0.6 is 7.82 Å². The Morgan fingerprint density at radius 1 is 0.900 bits per heavy atom. The van der Waals surface area contributed by atoms with Gasteiger partial charge < -0.3 is 43.6 Å². The molecule has 0 aliphatic carbocycles. The number of aliphatic hydroxyl groups is 1. The van der Waals surface area contributed by atoms with E-state index in [1.54, 1.807) is 21.3 Å². The summed E-state index contributed by atoms with van der Waals surface area (Å²) in [4.78, 5) is 23.9. The molecule has 1 heterocycles. The highest BCUT2D eigenvalue weighted by Crippen LogP contribution is 2.50. The Labute approximate surface area is 235 Å². The van der Waals surface area contributed by atoms with Gasteiger partial charge in [-0.05, 0) is 74.3 Å². The predicted molar refractivity (Wildman–Crippen MR) is 151 cm³/mol. The number of phosphoric acid groups is 1. The summed E-state index contributed by atoms with van der Waals surface area (Å²) < 4.78 is 31.1. The highest BCUT2D eigenvalue weighted by atomic mass is 31.2. The lowest BCUT2D eigenvalue weighted by Gasteiger charge is -2.33. The smallest absolute Gasteiger partial charge is 0.466 e. The van der Waals surface area contributed by atoms with Crippen molar-refractivity contribution in [2.24, 2.45) is 0 Å². The first kappa shape index (κ1) is 31.4. The molecule has 11 heteroatoms. The van der Waals surface area contributed by atoms with Crippen molar-refractivity contribution in [3.05, 3.63) is 83.4 Å². The summed E-state index contributed by atoms with van der Waals surface area (Å²) >= 11 is 0. The lowest BCUT2D eigenvalue weighted by Crippen LogP contribution is -2.40. The van der Waals surface area contributed by atoms with Crippen molar-refractivity contribution in [2.75, 3.05) is 41.5 Å². The molecule has 0 aromatic heterocycles. The van der Waals surface area contributed by atoms with Gasteiger partial charge in [0.1, 0.15) is 11.5 Å². The summed E-state index contributed by atoms with van der Waals surface area (Å²) in [7, 11) is 2.46. The maximum Gasteiger partial charge on any atom is 0.466 e. The van der Waals surface area contributed by atoms with Crippen LogP contribution in [0.4, 0.5) is 0 Å². The normalized spacial score (nSPS) is 17.9.